The van der Waals surface area contributed by atoms with Gasteiger partial charge in [0.2, 0.25) is 5.82 Å². The van der Waals surface area contributed by atoms with Crippen LogP contribution in [0.2, 0.25) is 0 Å². The van der Waals surface area contributed by atoms with Crippen molar-refractivity contribution in [2.45, 2.75) is 32.0 Å². The van der Waals surface area contributed by atoms with Crippen molar-refractivity contribution in [3.05, 3.63) is 53.5 Å². The molecular weight excluding hydrogens is 384 g/mol. The zero-order valence-corrected chi connectivity index (χ0v) is 15.7. The van der Waals surface area contributed by atoms with Crippen molar-refractivity contribution in [1.82, 2.24) is 19.9 Å². The first-order valence-electron chi connectivity index (χ1n) is 9.06. The quantitative estimate of drug-likeness (QED) is 0.619. The summed E-state index contributed by atoms with van der Waals surface area (Å²) in [5, 5.41) is 19.7. The van der Waals surface area contributed by atoms with Gasteiger partial charge in [-0.2, -0.15) is 0 Å². The standard InChI is InChI=1S/C19H19F2N5O3/c1-9(2)13-4-3-5-15-23-17(25-26(13)15)19(28)22-12-8-29-14-7-10(20)6-11(21)16(14)24-18(12)27/h3-7,9,12,18,24,27H,8H2,1-2H3,(H,22,28)/t12-,18?/m0/s1. The molecule has 3 heterocycles. The summed E-state index contributed by atoms with van der Waals surface area (Å²) in [6.07, 6.45) is -1.37. The van der Waals surface area contributed by atoms with E-state index in [-0.39, 0.29) is 29.8 Å². The summed E-state index contributed by atoms with van der Waals surface area (Å²) in [6, 6.07) is 6.18. The number of aliphatic hydroxyl groups excluding tert-OH is 1. The predicted octanol–water partition coefficient (Wildman–Crippen LogP) is 2.05. The number of carbonyl (C=O) groups excluding carboxylic acids is 1. The highest BCUT2D eigenvalue weighted by molar-refractivity contribution is 5.91. The number of anilines is 1. The summed E-state index contributed by atoms with van der Waals surface area (Å²) in [7, 11) is 0. The van der Waals surface area contributed by atoms with E-state index in [1.165, 1.54) is 0 Å². The number of benzene rings is 1. The van der Waals surface area contributed by atoms with Crippen molar-refractivity contribution in [3.63, 3.8) is 0 Å². The Bertz CT molecular complexity index is 1090. The molecule has 3 N–H and O–H groups in total. The van der Waals surface area contributed by atoms with Crippen LogP contribution in [0.1, 0.15) is 36.1 Å². The van der Waals surface area contributed by atoms with Gasteiger partial charge in [0.15, 0.2) is 11.5 Å². The number of hydrogen-bond donors (Lipinski definition) is 3. The Labute approximate surface area is 164 Å². The second-order valence-corrected chi connectivity index (χ2v) is 7.05. The van der Waals surface area contributed by atoms with Gasteiger partial charge in [0.25, 0.3) is 5.91 Å². The molecule has 29 heavy (non-hydrogen) atoms. The molecule has 0 bridgehead atoms. The molecule has 0 saturated heterocycles. The molecule has 0 saturated carbocycles. The third-order valence-electron chi connectivity index (χ3n) is 4.61. The van der Waals surface area contributed by atoms with Crippen LogP contribution in [0.25, 0.3) is 5.65 Å². The minimum Gasteiger partial charge on any atom is -0.489 e. The van der Waals surface area contributed by atoms with Gasteiger partial charge in [0.05, 0.1) is 0 Å². The molecule has 3 aromatic rings. The van der Waals surface area contributed by atoms with Crippen LogP contribution in [0.5, 0.6) is 5.75 Å². The Kier molecular flexibility index (Phi) is 4.79. The van der Waals surface area contributed by atoms with Gasteiger partial charge >= 0.3 is 0 Å². The van der Waals surface area contributed by atoms with Gasteiger partial charge in [-0.15, -0.1) is 5.10 Å². The number of rotatable bonds is 3. The van der Waals surface area contributed by atoms with Crippen molar-refractivity contribution in [2.24, 2.45) is 0 Å². The summed E-state index contributed by atoms with van der Waals surface area (Å²) in [6.45, 7) is 3.79. The third kappa shape index (κ3) is 3.58. The fourth-order valence-electron chi connectivity index (χ4n) is 3.14. The number of ether oxygens (including phenoxy) is 1. The number of halogens is 2. The number of nitrogens with zero attached hydrogens (tertiary/aromatic N) is 3. The summed E-state index contributed by atoms with van der Waals surface area (Å²) in [5.41, 5.74) is 1.23. The molecule has 10 heteroatoms. The van der Waals surface area contributed by atoms with Crippen molar-refractivity contribution < 1.29 is 23.4 Å². The molecule has 2 aromatic heterocycles. The lowest BCUT2D eigenvalue weighted by molar-refractivity contribution is 0.0809. The molecular formula is C19H19F2N5O3. The van der Waals surface area contributed by atoms with Crippen LogP contribution >= 0.6 is 0 Å². The van der Waals surface area contributed by atoms with E-state index in [2.05, 4.69) is 20.7 Å². The number of hydrogen-bond acceptors (Lipinski definition) is 6. The number of fused-ring (bicyclic) bond motifs is 2. The van der Waals surface area contributed by atoms with Crippen molar-refractivity contribution >= 4 is 17.2 Å². The number of amides is 1. The number of aliphatic hydroxyl groups is 1. The Morgan fingerprint density at radius 2 is 2.17 bits per heavy atom. The first-order chi connectivity index (χ1) is 13.8. The molecule has 0 fully saturated rings. The number of nitrogens with one attached hydrogen (secondary N) is 2. The van der Waals surface area contributed by atoms with Gasteiger partial charge in [0.1, 0.15) is 36.1 Å². The molecule has 152 valence electrons. The molecule has 0 aliphatic carbocycles. The van der Waals surface area contributed by atoms with E-state index >= 15 is 0 Å². The minimum atomic E-state index is -1.37. The smallest absolute Gasteiger partial charge is 0.291 e. The van der Waals surface area contributed by atoms with E-state index in [0.717, 1.165) is 11.8 Å². The lowest BCUT2D eigenvalue weighted by Gasteiger charge is -2.21. The SMILES string of the molecule is CC(C)c1cccc2nc(C(=O)N[C@H]3COc4cc(F)cc(F)c4NC3O)nn12. The second kappa shape index (κ2) is 7.28. The molecule has 1 unspecified atom stereocenters. The summed E-state index contributed by atoms with van der Waals surface area (Å²) in [5.74, 6) is -2.35. The van der Waals surface area contributed by atoms with E-state index in [9.17, 15) is 18.7 Å². The van der Waals surface area contributed by atoms with Gasteiger partial charge in [-0.05, 0) is 18.1 Å². The highest BCUT2D eigenvalue weighted by Gasteiger charge is 2.30. The van der Waals surface area contributed by atoms with Crippen molar-refractivity contribution in [1.29, 1.82) is 0 Å². The Hall–Kier alpha value is -3.27. The Balaban J connectivity index is 1.55. The lowest BCUT2D eigenvalue weighted by atomic mass is 10.1. The first-order valence-corrected chi connectivity index (χ1v) is 9.06. The molecule has 8 nitrogen and oxygen atoms in total. The average molecular weight is 403 g/mol. The fraction of sp³-hybridized carbons (Fsp3) is 0.316. The molecule has 1 aliphatic heterocycles. The number of carbonyl (C=O) groups is 1. The largest absolute Gasteiger partial charge is 0.489 e. The van der Waals surface area contributed by atoms with Crippen LogP contribution in [0.15, 0.2) is 30.3 Å². The van der Waals surface area contributed by atoms with Crippen LogP contribution in [0.4, 0.5) is 14.5 Å². The van der Waals surface area contributed by atoms with Crippen LogP contribution in [-0.2, 0) is 0 Å². The molecule has 0 radical (unpaired) electrons. The van der Waals surface area contributed by atoms with E-state index < -0.39 is 29.8 Å². The molecule has 2 atom stereocenters. The average Bonchev–Trinajstić information content (AvgIpc) is 3.04. The highest BCUT2D eigenvalue weighted by atomic mass is 19.1. The summed E-state index contributed by atoms with van der Waals surface area (Å²) in [4.78, 5) is 16.9. The molecule has 1 aromatic carbocycles. The van der Waals surface area contributed by atoms with Crippen LogP contribution in [-0.4, -0.2) is 44.5 Å². The topological polar surface area (TPSA) is 101 Å². The maximum Gasteiger partial charge on any atom is 0.291 e. The van der Waals surface area contributed by atoms with Gasteiger partial charge in [-0.3, -0.25) is 4.79 Å². The minimum absolute atomic E-state index is 0.0794. The molecule has 1 aliphatic rings. The number of aromatic nitrogens is 3. The van der Waals surface area contributed by atoms with Crippen molar-refractivity contribution in [3.8, 4) is 5.75 Å². The maximum atomic E-state index is 14.0. The van der Waals surface area contributed by atoms with Gasteiger partial charge in [-0.25, -0.2) is 18.3 Å². The summed E-state index contributed by atoms with van der Waals surface area (Å²) < 4.78 is 34.3. The van der Waals surface area contributed by atoms with E-state index in [4.69, 9.17) is 4.74 Å². The maximum absolute atomic E-state index is 14.0. The fourth-order valence-corrected chi connectivity index (χ4v) is 3.14. The predicted molar refractivity (Wildman–Crippen MR) is 99.8 cm³/mol. The van der Waals surface area contributed by atoms with Crippen molar-refractivity contribution in [2.75, 3.05) is 11.9 Å². The zero-order valence-electron chi connectivity index (χ0n) is 15.7. The Morgan fingerprint density at radius 3 is 2.93 bits per heavy atom. The number of pyridine rings is 1. The first kappa shape index (κ1) is 19.1. The van der Waals surface area contributed by atoms with Gasteiger partial charge in [0, 0.05) is 17.8 Å². The van der Waals surface area contributed by atoms with Gasteiger partial charge < -0.3 is 20.5 Å². The normalized spacial score (nSPS) is 18.7. The van der Waals surface area contributed by atoms with E-state index in [0.29, 0.717) is 11.7 Å². The van der Waals surface area contributed by atoms with Gasteiger partial charge in [-0.1, -0.05) is 19.9 Å². The summed E-state index contributed by atoms with van der Waals surface area (Å²) >= 11 is 0. The molecule has 1 amide bonds. The lowest BCUT2D eigenvalue weighted by Crippen LogP contribution is -2.49. The third-order valence-corrected chi connectivity index (χ3v) is 4.61. The highest BCUT2D eigenvalue weighted by Crippen LogP contribution is 2.31. The Morgan fingerprint density at radius 1 is 1.38 bits per heavy atom. The zero-order chi connectivity index (χ0) is 20.7. The molecule has 4 rings (SSSR count). The van der Waals surface area contributed by atoms with Crippen LogP contribution in [0.3, 0.4) is 0 Å². The molecule has 0 spiro atoms. The monoisotopic (exact) mass is 403 g/mol. The van der Waals surface area contributed by atoms with E-state index in [1.807, 2.05) is 26.0 Å². The second-order valence-electron chi connectivity index (χ2n) is 7.05. The van der Waals surface area contributed by atoms with Crippen LogP contribution < -0.4 is 15.4 Å². The van der Waals surface area contributed by atoms with Crippen LogP contribution in [0, 0.1) is 11.6 Å². The van der Waals surface area contributed by atoms with E-state index in [1.54, 1.807) is 10.6 Å².